The van der Waals surface area contributed by atoms with Crippen molar-refractivity contribution in [2.75, 3.05) is 49.1 Å². The summed E-state index contributed by atoms with van der Waals surface area (Å²) in [5.74, 6) is 2.17. The molecular weight excluding hydrogens is 474 g/mol. The normalized spacial score (nSPS) is 16.5. The number of pyridine rings is 2. The highest BCUT2D eigenvalue weighted by atomic mass is 32.1. The van der Waals surface area contributed by atoms with E-state index in [9.17, 15) is 0 Å². The Morgan fingerprint density at radius 2 is 1.08 bits per heavy atom. The van der Waals surface area contributed by atoms with Gasteiger partial charge in [0.2, 0.25) is 0 Å². The summed E-state index contributed by atoms with van der Waals surface area (Å²) in [6, 6.07) is 22.4. The van der Waals surface area contributed by atoms with E-state index in [0.29, 0.717) is 0 Å². The molecule has 3 aromatic heterocycles. The number of thiophene rings is 1. The molecule has 5 heterocycles. The first-order valence-electron chi connectivity index (χ1n) is 13.4. The summed E-state index contributed by atoms with van der Waals surface area (Å²) in [7, 11) is 0. The Balaban J connectivity index is 1.19. The molecule has 5 nitrogen and oxygen atoms in total. The van der Waals surface area contributed by atoms with Crippen LogP contribution in [0.1, 0.15) is 19.3 Å². The molecule has 2 saturated heterocycles. The number of benzene rings is 2. The predicted octanol–water partition coefficient (Wildman–Crippen LogP) is 6.58. The van der Waals surface area contributed by atoms with E-state index in [2.05, 4.69) is 75.8 Å². The standard InChI is InChI=1S/C31H31N5S/c1-2-14-35(15-3-1)30-10-6-24(20-33-30)22-4-8-28-26(18-22)27-19-23(5-9-29(27)37-28)25-7-11-31(34-21-25)36-16-12-32-13-17-36/h4-11,18-21,32H,1-3,12-17H2. The van der Waals surface area contributed by atoms with Gasteiger partial charge in [0.05, 0.1) is 0 Å². The highest BCUT2D eigenvalue weighted by Crippen LogP contribution is 2.38. The topological polar surface area (TPSA) is 44.3 Å². The highest BCUT2D eigenvalue weighted by molar-refractivity contribution is 7.25. The molecule has 6 heteroatoms. The maximum atomic E-state index is 4.82. The third kappa shape index (κ3) is 4.45. The molecule has 2 aliphatic rings. The number of hydrogen-bond donors (Lipinski definition) is 1. The van der Waals surface area contributed by atoms with E-state index >= 15 is 0 Å². The van der Waals surface area contributed by atoms with Gasteiger partial charge in [-0.2, -0.15) is 0 Å². The lowest BCUT2D eigenvalue weighted by Crippen LogP contribution is -2.43. The predicted molar refractivity (Wildman–Crippen MR) is 157 cm³/mol. The summed E-state index contributed by atoms with van der Waals surface area (Å²) >= 11 is 1.86. The van der Waals surface area contributed by atoms with Gasteiger partial charge in [-0.15, -0.1) is 11.3 Å². The van der Waals surface area contributed by atoms with E-state index in [1.54, 1.807) is 0 Å². The Bertz CT molecular complexity index is 1410. The lowest BCUT2D eigenvalue weighted by Gasteiger charge is -2.28. The SMILES string of the molecule is c1cc(N2CCCCC2)ncc1-c1ccc2sc3ccc(-c4ccc(N5CCNCC5)nc4)cc3c2c1. The van der Waals surface area contributed by atoms with Crippen LogP contribution >= 0.6 is 11.3 Å². The molecular formula is C31H31N5S. The van der Waals surface area contributed by atoms with Gasteiger partial charge in [0.15, 0.2) is 0 Å². The van der Waals surface area contributed by atoms with Crippen LogP contribution in [-0.2, 0) is 0 Å². The highest BCUT2D eigenvalue weighted by Gasteiger charge is 2.14. The number of piperidine rings is 1. The summed E-state index contributed by atoms with van der Waals surface area (Å²) in [6.45, 7) is 6.30. The summed E-state index contributed by atoms with van der Waals surface area (Å²) in [5.41, 5.74) is 4.77. The lowest BCUT2D eigenvalue weighted by atomic mass is 10.0. The zero-order valence-electron chi connectivity index (χ0n) is 21.0. The fourth-order valence-electron chi connectivity index (χ4n) is 5.64. The molecule has 37 heavy (non-hydrogen) atoms. The fourth-order valence-corrected chi connectivity index (χ4v) is 6.71. The quantitative estimate of drug-likeness (QED) is 0.299. The minimum atomic E-state index is 1.01. The van der Waals surface area contributed by atoms with E-state index in [0.717, 1.165) is 56.5 Å². The van der Waals surface area contributed by atoms with Gasteiger partial charge >= 0.3 is 0 Å². The van der Waals surface area contributed by atoms with Crippen LogP contribution in [-0.4, -0.2) is 49.2 Å². The van der Waals surface area contributed by atoms with Crippen molar-refractivity contribution in [2.24, 2.45) is 0 Å². The number of hydrogen-bond acceptors (Lipinski definition) is 6. The molecule has 0 atom stereocenters. The summed E-state index contributed by atoms with van der Waals surface area (Å²) in [6.07, 6.45) is 7.93. The lowest BCUT2D eigenvalue weighted by molar-refractivity contribution is 0.573. The van der Waals surface area contributed by atoms with Crippen LogP contribution in [0.3, 0.4) is 0 Å². The molecule has 0 saturated carbocycles. The molecule has 0 unspecified atom stereocenters. The molecule has 2 aromatic carbocycles. The third-order valence-corrected chi connectivity index (χ3v) is 8.90. The molecule has 5 aromatic rings. The molecule has 1 N–H and O–H groups in total. The minimum Gasteiger partial charge on any atom is -0.357 e. The Hall–Kier alpha value is -3.48. The third-order valence-electron chi connectivity index (χ3n) is 7.75. The number of nitrogens with zero attached hydrogens (tertiary/aromatic N) is 4. The van der Waals surface area contributed by atoms with Gasteiger partial charge in [-0.1, -0.05) is 12.1 Å². The minimum absolute atomic E-state index is 1.01. The second kappa shape index (κ2) is 9.77. The summed E-state index contributed by atoms with van der Waals surface area (Å²) < 4.78 is 2.64. The Morgan fingerprint density at radius 3 is 1.59 bits per heavy atom. The van der Waals surface area contributed by atoms with Gasteiger partial charge in [-0.3, -0.25) is 0 Å². The van der Waals surface area contributed by atoms with Crippen LogP contribution < -0.4 is 15.1 Å². The smallest absolute Gasteiger partial charge is 0.128 e. The molecule has 0 bridgehead atoms. The van der Waals surface area contributed by atoms with Crippen LogP contribution in [0, 0.1) is 0 Å². The van der Waals surface area contributed by atoms with E-state index in [4.69, 9.17) is 9.97 Å². The van der Waals surface area contributed by atoms with Crippen LogP contribution in [0.4, 0.5) is 11.6 Å². The molecule has 2 fully saturated rings. The summed E-state index contributed by atoms with van der Waals surface area (Å²) in [4.78, 5) is 14.4. The van der Waals surface area contributed by atoms with E-state index in [-0.39, 0.29) is 0 Å². The number of piperazine rings is 1. The van der Waals surface area contributed by atoms with Gasteiger partial charge in [-0.05, 0) is 78.9 Å². The van der Waals surface area contributed by atoms with Crippen molar-refractivity contribution in [2.45, 2.75) is 19.3 Å². The van der Waals surface area contributed by atoms with Gasteiger partial charge < -0.3 is 15.1 Å². The van der Waals surface area contributed by atoms with Crippen LogP contribution in [0.25, 0.3) is 42.4 Å². The zero-order valence-corrected chi connectivity index (χ0v) is 21.8. The van der Waals surface area contributed by atoms with Crippen molar-refractivity contribution in [3.8, 4) is 22.3 Å². The average molecular weight is 506 g/mol. The zero-order chi connectivity index (χ0) is 24.6. The van der Waals surface area contributed by atoms with Crippen molar-refractivity contribution < 1.29 is 0 Å². The van der Waals surface area contributed by atoms with E-state index in [1.807, 2.05) is 23.7 Å². The molecule has 0 spiro atoms. The number of rotatable bonds is 4. The first kappa shape index (κ1) is 22.7. The van der Waals surface area contributed by atoms with Gasteiger partial charge in [0.25, 0.3) is 0 Å². The molecule has 0 radical (unpaired) electrons. The molecule has 186 valence electrons. The van der Waals surface area contributed by atoms with Crippen LogP contribution in [0.2, 0.25) is 0 Å². The maximum Gasteiger partial charge on any atom is 0.128 e. The first-order valence-corrected chi connectivity index (χ1v) is 14.2. The molecule has 0 aliphatic carbocycles. The van der Waals surface area contributed by atoms with Gasteiger partial charge in [0, 0.05) is 83.0 Å². The molecule has 0 amide bonds. The fraction of sp³-hybridized carbons (Fsp3) is 0.290. The van der Waals surface area contributed by atoms with E-state index < -0.39 is 0 Å². The Morgan fingerprint density at radius 1 is 0.568 bits per heavy atom. The average Bonchev–Trinajstić information content (AvgIpc) is 3.35. The number of nitrogens with one attached hydrogen (secondary N) is 1. The van der Waals surface area contributed by atoms with Gasteiger partial charge in [0.1, 0.15) is 11.6 Å². The monoisotopic (exact) mass is 505 g/mol. The molecule has 2 aliphatic heterocycles. The van der Waals surface area contributed by atoms with Crippen molar-refractivity contribution in [1.82, 2.24) is 15.3 Å². The van der Waals surface area contributed by atoms with Crippen molar-refractivity contribution in [3.63, 3.8) is 0 Å². The number of anilines is 2. The second-order valence-electron chi connectivity index (χ2n) is 10.1. The second-order valence-corrected chi connectivity index (χ2v) is 11.2. The first-order chi connectivity index (χ1) is 18.3. The van der Waals surface area contributed by atoms with E-state index in [1.165, 1.54) is 56.1 Å². The molecule has 7 rings (SSSR count). The van der Waals surface area contributed by atoms with Crippen molar-refractivity contribution >= 4 is 43.1 Å². The number of aromatic nitrogens is 2. The Labute approximate surface area is 221 Å². The van der Waals surface area contributed by atoms with Crippen molar-refractivity contribution in [3.05, 3.63) is 73.1 Å². The summed E-state index contributed by atoms with van der Waals surface area (Å²) in [5, 5.41) is 6.03. The van der Waals surface area contributed by atoms with Gasteiger partial charge in [-0.25, -0.2) is 9.97 Å². The Kier molecular flexibility index (Phi) is 5.99. The largest absolute Gasteiger partial charge is 0.357 e. The number of fused-ring (bicyclic) bond motifs is 3. The maximum absolute atomic E-state index is 4.82. The van der Waals surface area contributed by atoms with Crippen molar-refractivity contribution in [1.29, 1.82) is 0 Å². The van der Waals surface area contributed by atoms with Crippen LogP contribution in [0.5, 0.6) is 0 Å². The van der Waals surface area contributed by atoms with Crippen LogP contribution in [0.15, 0.2) is 73.1 Å².